The molecule has 1 saturated carbocycles. The Morgan fingerprint density at radius 2 is 2.16 bits per heavy atom. The third-order valence-electron chi connectivity index (χ3n) is 5.65. The molecule has 1 aromatic rings. The zero-order valence-corrected chi connectivity index (χ0v) is 14.1. The van der Waals surface area contributed by atoms with Gasteiger partial charge in [0.2, 0.25) is 0 Å². The molecule has 0 radical (unpaired) electrons. The highest BCUT2D eigenvalue weighted by atomic mass is 19.1. The van der Waals surface area contributed by atoms with Crippen LogP contribution in [0.3, 0.4) is 0 Å². The largest absolute Gasteiger partial charge is 0.324 e. The lowest BCUT2D eigenvalue weighted by Crippen LogP contribution is -2.45. The van der Waals surface area contributed by atoms with Crippen LogP contribution in [0, 0.1) is 17.7 Å². The number of halogens is 1. The number of carbonyl (C=O) groups is 2. The fraction of sp³-hybridized carbons (Fsp3) is 0.500. The number of nitrogens with zero attached hydrogens (tertiary/aromatic N) is 2. The molecule has 2 fully saturated rings. The predicted molar refractivity (Wildman–Crippen MR) is 91.8 cm³/mol. The molecule has 0 aromatic heterocycles. The first-order valence-corrected chi connectivity index (χ1v) is 8.73. The molecule has 132 valence electrons. The molecule has 3 amide bonds. The molecule has 3 aliphatic rings. The minimum Gasteiger partial charge on any atom is -0.324 e. The fourth-order valence-electron chi connectivity index (χ4n) is 4.34. The van der Waals surface area contributed by atoms with Crippen LogP contribution in [0.1, 0.15) is 26.2 Å². The Labute approximate surface area is 145 Å². The van der Waals surface area contributed by atoms with Crippen molar-refractivity contribution in [2.45, 2.75) is 31.7 Å². The van der Waals surface area contributed by atoms with Gasteiger partial charge in [0.15, 0.2) is 0 Å². The first-order chi connectivity index (χ1) is 12.0. The molecule has 2 heterocycles. The Kier molecular flexibility index (Phi) is 3.74. The summed E-state index contributed by atoms with van der Waals surface area (Å²) in [4.78, 5) is 31.5. The van der Waals surface area contributed by atoms with E-state index in [0.717, 1.165) is 18.7 Å². The molecular formula is C18H21FN4O2. The summed E-state index contributed by atoms with van der Waals surface area (Å²) in [6.45, 7) is 3.12. The lowest BCUT2D eigenvalue weighted by atomic mass is 9.85. The number of benzene rings is 1. The van der Waals surface area contributed by atoms with Gasteiger partial charge in [0.1, 0.15) is 17.2 Å². The Balaban J connectivity index is 1.48. The van der Waals surface area contributed by atoms with E-state index in [4.69, 9.17) is 4.99 Å². The van der Waals surface area contributed by atoms with E-state index in [1.54, 1.807) is 4.90 Å². The Bertz CT molecular complexity index is 748. The lowest BCUT2D eigenvalue weighted by molar-refractivity contribution is -0.124. The van der Waals surface area contributed by atoms with Gasteiger partial charge in [-0.25, -0.2) is 9.18 Å². The third kappa shape index (κ3) is 2.58. The molecule has 0 bridgehead atoms. The predicted octanol–water partition coefficient (Wildman–Crippen LogP) is 2.38. The highest BCUT2D eigenvalue weighted by Gasteiger charge is 2.59. The zero-order chi connectivity index (χ0) is 17.6. The van der Waals surface area contributed by atoms with E-state index in [2.05, 4.69) is 10.6 Å². The summed E-state index contributed by atoms with van der Waals surface area (Å²) in [7, 11) is 0. The number of amidine groups is 1. The molecule has 2 N–H and O–H groups in total. The van der Waals surface area contributed by atoms with E-state index in [1.807, 2.05) is 6.92 Å². The first-order valence-electron chi connectivity index (χ1n) is 8.73. The maximum Gasteiger partial charge on any atom is 0.321 e. The topological polar surface area (TPSA) is 73.8 Å². The SMILES string of the molecule is CCC1=N[C@]2(CC[C@H]3CN(C(=O)Nc4ccc(F)cc4)C[C@H]32)C(=O)N1. The monoisotopic (exact) mass is 344 g/mol. The molecule has 6 nitrogen and oxygen atoms in total. The number of amides is 3. The number of hydrogen-bond donors (Lipinski definition) is 2. The van der Waals surface area contributed by atoms with Crippen LogP contribution in [-0.4, -0.2) is 41.3 Å². The summed E-state index contributed by atoms with van der Waals surface area (Å²) >= 11 is 0. The number of urea groups is 1. The second-order valence-corrected chi connectivity index (χ2v) is 7.04. The molecule has 1 aliphatic carbocycles. The van der Waals surface area contributed by atoms with Crippen molar-refractivity contribution >= 4 is 23.5 Å². The summed E-state index contributed by atoms with van der Waals surface area (Å²) in [5.41, 5.74) is -0.135. The Morgan fingerprint density at radius 3 is 2.84 bits per heavy atom. The van der Waals surface area contributed by atoms with Crippen LogP contribution in [0.5, 0.6) is 0 Å². The minimum atomic E-state index is -0.694. The van der Waals surface area contributed by atoms with Crippen molar-refractivity contribution in [1.29, 1.82) is 0 Å². The van der Waals surface area contributed by atoms with Gasteiger partial charge in [-0.3, -0.25) is 9.79 Å². The first kappa shape index (κ1) is 16.1. The number of anilines is 1. The fourth-order valence-corrected chi connectivity index (χ4v) is 4.34. The van der Waals surface area contributed by atoms with Gasteiger partial charge in [-0.2, -0.15) is 0 Å². The maximum atomic E-state index is 13.0. The van der Waals surface area contributed by atoms with Crippen molar-refractivity contribution < 1.29 is 14.0 Å². The summed E-state index contributed by atoms with van der Waals surface area (Å²) in [5.74, 6) is 0.755. The van der Waals surface area contributed by atoms with E-state index in [1.165, 1.54) is 24.3 Å². The lowest BCUT2D eigenvalue weighted by Gasteiger charge is -2.25. The van der Waals surface area contributed by atoms with Crippen LogP contribution in [-0.2, 0) is 4.79 Å². The number of carbonyl (C=O) groups excluding carboxylic acids is 2. The van der Waals surface area contributed by atoms with Crippen molar-refractivity contribution in [3.05, 3.63) is 30.1 Å². The molecule has 0 unspecified atom stereocenters. The smallest absolute Gasteiger partial charge is 0.321 e. The van der Waals surface area contributed by atoms with Gasteiger partial charge in [0, 0.05) is 31.1 Å². The van der Waals surface area contributed by atoms with Crippen LogP contribution < -0.4 is 10.6 Å². The highest BCUT2D eigenvalue weighted by Crippen LogP contribution is 2.48. The normalized spacial score (nSPS) is 30.4. The van der Waals surface area contributed by atoms with Crippen LogP contribution in [0.15, 0.2) is 29.3 Å². The number of hydrogen-bond acceptors (Lipinski definition) is 3. The second-order valence-electron chi connectivity index (χ2n) is 7.04. The molecule has 25 heavy (non-hydrogen) atoms. The molecule has 7 heteroatoms. The Morgan fingerprint density at radius 1 is 1.40 bits per heavy atom. The van der Waals surface area contributed by atoms with Crippen molar-refractivity contribution in [1.82, 2.24) is 10.2 Å². The van der Waals surface area contributed by atoms with Gasteiger partial charge in [0.25, 0.3) is 5.91 Å². The van der Waals surface area contributed by atoms with Crippen LogP contribution in [0.25, 0.3) is 0 Å². The zero-order valence-electron chi connectivity index (χ0n) is 14.1. The summed E-state index contributed by atoms with van der Waals surface area (Å²) in [5, 5.41) is 5.69. The average Bonchev–Trinajstić information content (AvgIpc) is 3.25. The average molecular weight is 344 g/mol. The van der Waals surface area contributed by atoms with E-state index in [-0.39, 0.29) is 23.7 Å². The second kappa shape index (κ2) is 5.82. The van der Waals surface area contributed by atoms with Gasteiger partial charge >= 0.3 is 6.03 Å². The van der Waals surface area contributed by atoms with E-state index < -0.39 is 5.54 Å². The van der Waals surface area contributed by atoms with Gasteiger partial charge in [-0.05, 0) is 43.0 Å². The number of fused-ring (bicyclic) bond motifs is 2. The van der Waals surface area contributed by atoms with Gasteiger partial charge < -0.3 is 15.5 Å². The van der Waals surface area contributed by atoms with Crippen molar-refractivity contribution in [3.63, 3.8) is 0 Å². The van der Waals surface area contributed by atoms with Crippen LogP contribution >= 0.6 is 0 Å². The minimum absolute atomic E-state index is 0.0161. The van der Waals surface area contributed by atoms with Gasteiger partial charge in [-0.15, -0.1) is 0 Å². The third-order valence-corrected chi connectivity index (χ3v) is 5.65. The highest BCUT2D eigenvalue weighted by molar-refractivity contribution is 6.08. The summed E-state index contributed by atoms with van der Waals surface area (Å²) in [6.07, 6.45) is 2.36. The van der Waals surface area contributed by atoms with Crippen molar-refractivity contribution in [3.8, 4) is 0 Å². The van der Waals surface area contributed by atoms with E-state index in [9.17, 15) is 14.0 Å². The van der Waals surface area contributed by atoms with Gasteiger partial charge in [0.05, 0.1) is 0 Å². The summed E-state index contributed by atoms with van der Waals surface area (Å²) < 4.78 is 13.0. The maximum absolute atomic E-state index is 13.0. The summed E-state index contributed by atoms with van der Waals surface area (Å²) in [6, 6.07) is 5.48. The molecule has 4 rings (SSSR count). The number of aliphatic imine (C=N–C) groups is 1. The molecule has 2 aliphatic heterocycles. The molecule has 1 aromatic carbocycles. The van der Waals surface area contributed by atoms with E-state index >= 15 is 0 Å². The van der Waals surface area contributed by atoms with Crippen molar-refractivity contribution in [2.75, 3.05) is 18.4 Å². The van der Waals surface area contributed by atoms with Gasteiger partial charge in [-0.1, -0.05) is 6.92 Å². The molecule has 1 saturated heterocycles. The number of nitrogens with one attached hydrogen (secondary N) is 2. The number of likely N-dealkylation sites (tertiary alicyclic amines) is 1. The van der Waals surface area contributed by atoms with Crippen molar-refractivity contribution in [2.24, 2.45) is 16.8 Å². The standard InChI is InChI=1S/C18H21FN4O2/c1-2-15-21-16(24)18(22-15)8-7-11-9-23(10-14(11)18)17(25)20-13-5-3-12(19)4-6-13/h3-6,11,14H,2,7-10H2,1H3,(H,20,25)(H,21,22,24)/t11-,14+,18-/m0/s1. The molecular weight excluding hydrogens is 323 g/mol. The van der Waals surface area contributed by atoms with E-state index in [0.29, 0.717) is 31.1 Å². The number of rotatable bonds is 2. The Hall–Kier alpha value is -2.44. The quantitative estimate of drug-likeness (QED) is 0.864. The van der Waals surface area contributed by atoms with Crippen LogP contribution in [0.2, 0.25) is 0 Å². The molecule has 3 atom stereocenters. The van der Waals surface area contributed by atoms with Crippen LogP contribution in [0.4, 0.5) is 14.9 Å². The molecule has 1 spiro atoms.